The summed E-state index contributed by atoms with van der Waals surface area (Å²) in [5, 5.41) is 3.78. The quantitative estimate of drug-likeness (QED) is 0.538. The molecule has 0 amide bonds. The van der Waals surface area contributed by atoms with Crippen molar-refractivity contribution in [2.24, 2.45) is 0 Å². The molecule has 0 saturated heterocycles. The molecule has 31 heavy (non-hydrogen) atoms. The normalized spacial score (nSPS) is 14.9. The highest BCUT2D eigenvalue weighted by Crippen LogP contribution is 2.42. The van der Waals surface area contributed by atoms with Crippen LogP contribution in [0.25, 0.3) is 0 Å². The van der Waals surface area contributed by atoms with Crippen LogP contribution in [0.1, 0.15) is 42.6 Å². The third-order valence-corrected chi connectivity index (χ3v) is 5.92. The first kappa shape index (κ1) is 21.1. The highest BCUT2D eigenvalue weighted by Gasteiger charge is 2.44. The molecular weight excluding hydrogens is 414 g/mol. The van der Waals surface area contributed by atoms with E-state index < -0.39 is 5.41 Å². The number of hydrogen-bond donors (Lipinski definition) is 2. The number of para-hydroxylation sites is 1. The van der Waals surface area contributed by atoms with Crippen LogP contribution in [0.2, 0.25) is 5.02 Å². The molecular formula is C23H24ClN5O2. The maximum atomic E-state index is 13.2. The number of rotatable bonds is 6. The number of anilines is 3. The van der Waals surface area contributed by atoms with Gasteiger partial charge >= 0.3 is 5.97 Å². The molecule has 0 radical (unpaired) electrons. The van der Waals surface area contributed by atoms with E-state index >= 15 is 0 Å². The summed E-state index contributed by atoms with van der Waals surface area (Å²) in [7, 11) is 0. The molecule has 0 aliphatic heterocycles. The van der Waals surface area contributed by atoms with E-state index in [9.17, 15) is 4.79 Å². The second-order valence-corrected chi connectivity index (χ2v) is 8.18. The van der Waals surface area contributed by atoms with Gasteiger partial charge in [0.05, 0.1) is 5.41 Å². The van der Waals surface area contributed by atoms with Gasteiger partial charge in [-0.1, -0.05) is 54.8 Å². The maximum Gasteiger partial charge on any atom is 0.317 e. The molecule has 2 aromatic carbocycles. The van der Waals surface area contributed by atoms with Crippen molar-refractivity contribution in [2.45, 2.75) is 44.6 Å². The number of nitrogen functional groups attached to an aromatic ring is 1. The van der Waals surface area contributed by atoms with Gasteiger partial charge in [-0.2, -0.15) is 15.0 Å². The van der Waals surface area contributed by atoms with Crippen LogP contribution in [-0.4, -0.2) is 20.9 Å². The van der Waals surface area contributed by atoms with Crippen molar-refractivity contribution in [1.82, 2.24) is 15.0 Å². The molecule has 0 atom stereocenters. The number of benzene rings is 2. The van der Waals surface area contributed by atoms with Gasteiger partial charge in [-0.15, -0.1) is 0 Å². The topological polar surface area (TPSA) is 103 Å². The molecule has 8 heteroatoms. The monoisotopic (exact) mass is 437 g/mol. The molecule has 1 aliphatic rings. The number of carbonyl (C=O) groups is 1. The number of nitrogens with two attached hydrogens (primary N) is 1. The third-order valence-electron chi connectivity index (χ3n) is 5.67. The summed E-state index contributed by atoms with van der Waals surface area (Å²) in [6.07, 6.45) is 3.43. The Morgan fingerprint density at radius 3 is 2.52 bits per heavy atom. The Labute approximate surface area is 186 Å². The first-order valence-corrected chi connectivity index (χ1v) is 10.6. The van der Waals surface area contributed by atoms with E-state index in [-0.39, 0.29) is 18.5 Å². The standard InChI is InChI=1S/C23H24ClN5O2/c1-15-6-2-3-7-18(15)26-22-28-19(27-21(25)29-22)14-31-20(30)23(12-4-5-13-23)16-8-10-17(24)11-9-16/h2-3,6-11H,4-5,12-14H2,1H3,(H3,25,26,27,28,29). The van der Waals surface area contributed by atoms with Gasteiger partial charge in [-0.25, -0.2) is 0 Å². The van der Waals surface area contributed by atoms with Gasteiger partial charge in [0.15, 0.2) is 12.4 Å². The van der Waals surface area contributed by atoms with Gasteiger partial charge in [0.25, 0.3) is 0 Å². The van der Waals surface area contributed by atoms with Gasteiger partial charge in [-0.05, 0) is 49.1 Å². The molecule has 3 aromatic rings. The second-order valence-electron chi connectivity index (χ2n) is 7.75. The summed E-state index contributed by atoms with van der Waals surface area (Å²) in [6, 6.07) is 15.2. The third kappa shape index (κ3) is 4.61. The minimum atomic E-state index is -0.661. The van der Waals surface area contributed by atoms with Gasteiger partial charge in [0.2, 0.25) is 11.9 Å². The summed E-state index contributed by atoms with van der Waals surface area (Å²) in [5.41, 5.74) is 8.03. The second kappa shape index (κ2) is 8.89. The first-order valence-electron chi connectivity index (χ1n) is 10.2. The van der Waals surface area contributed by atoms with Gasteiger partial charge in [0.1, 0.15) is 0 Å². The van der Waals surface area contributed by atoms with Crippen LogP contribution in [0.15, 0.2) is 48.5 Å². The molecule has 4 rings (SSSR count). The van der Waals surface area contributed by atoms with E-state index in [0.717, 1.165) is 42.5 Å². The summed E-state index contributed by atoms with van der Waals surface area (Å²) < 4.78 is 5.68. The van der Waals surface area contributed by atoms with Crippen molar-refractivity contribution in [1.29, 1.82) is 0 Å². The number of carbonyl (C=O) groups excluding carboxylic acids is 1. The number of aryl methyl sites for hydroxylation is 1. The minimum Gasteiger partial charge on any atom is -0.457 e. The fourth-order valence-electron chi connectivity index (χ4n) is 4.02. The lowest BCUT2D eigenvalue weighted by Crippen LogP contribution is -2.34. The Bertz CT molecular complexity index is 1080. The Kier molecular flexibility index (Phi) is 6.04. The van der Waals surface area contributed by atoms with Crippen molar-refractivity contribution in [3.05, 3.63) is 70.5 Å². The minimum absolute atomic E-state index is 0.0606. The van der Waals surface area contributed by atoms with E-state index in [1.807, 2.05) is 43.3 Å². The molecule has 1 aliphatic carbocycles. The predicted molar refractivity (Wildman–Crippen MR) is 120 cm³/mol. The Balaban J connectivity index is 1.50. The Morgan fingerprint density at radius 1 is 1.10 bits per heavy atom. The van der Waals surface area contributed by atoms with Crippen LogP contribution in [-0.2, 0) is 21.6 Å². The summed E-state index contributed by atoms with van der Waals surface area (Å²) in [6.45, 7) is 1.90. The zero-order valence-electron chi connectivity index (χ0n) is 17.3. The van der Waals surface area contributed by atoms with Crippen LogP contribution in [0.5, 0.6) is 0 Å². The number of ether oxygens (including phenoxy) is 1. The number of aromatic nitrogens is 3. The predicted octanol–water partition coefficient (Wildman–Crippen LogP) is 4.71. The highest BCUT2D eigenvalue weighted by molar-refractivity contribution is 6.30. The summed E-state index contributed by atoms with van der Waals surface area (Å²) in [4.78, 5) is 25.8. The number of esters is 1. The lowest BCUT2D eigenvalue weighted by Gasteiger charge is -2.27. The average Bonchev–Trinajstić information content (AvgIpc) is 3.25. The summed E-state index contributed by atoms with van der Waals surface area (Å²) >= 11 is 6.03. The lowest BCUT2D eigenvalue weighted by molar-refractivity contribution is -0.152. The molecule has 0 bridgehead atoms. The lowest BCUT2D eigenvalue weighted by atomic mass is 9.79. The fraction of sp³-hybridized carbons (Fsp3) is 0.304. The average molecular weight is 438 g/mol. The van der Waals surface area contributed by atoms with Crippen LogP contribution >= 0.6 is 11.6 Å². The summed E-state index contributed by atoms with van der Waals surface area (Å²) in [5.74, 6) is 0.382. The van der Waals surface area contributed by atoms with E-state index in [4.69, 9.17) is 22.1 Å². The van der Waals surface area contributed by atoms with E-state index in [2.05, 4.69) is 20.3 Å². The van der Waals surface area contributed by atoms with E-state index in [1.165, 1.54) is 0 Å². The van der Waals surface area contributed by atoms with Crippen molar-refractivity contribution in [3.8, 4) is 0 Å². The smallest absolute Gasteiger partial charge is 0.317 e. The molecule has 7 nitrogen and oxygen atoms in total. The zero-order valence-corrected chi connectivity index (χ0v) is 18.0. The molecule has 0 unspecified atom stereocenters. The van der Waals surface area contributed by atoms with Gasteiger partial charge in [-0.3, -0.25) is 4.79 Å². The number of nitrogens with one attached hydrogen (secondary N) is 1. The Morgan fingerprint density at radius 2 is 1.81 bits per heavy atom. The maximum absolute atomic E-state index is 13.2. The first-order chi connectivity index (χ1) is 15.0. The molecule has 160 valence electrons. The molecule has 3 N–H and O–H groups in total. The molecule has 1 saturated carbocycles. The zero-order chi connectivity index (χ0) is 21.8. The largest absolute Gasteiger partial charge is 0.457 e. The molecule has 0 spiro atoms. The fourth-order valence-corrected chi connectivity index (χ4v) is 4.14. The van der Waals surface area contributed by atoms with E-state index in [1.54, 1.807) is 12.1 Å². The molecule has 1 aromatic heterocycles. The molecule has 1 heterocycles. The Hall–Kier alpha value is -3.19. The van der Waals surface area contributed by atoms with Crippen LogP contribution in [0.3, 0.4) is 0 Å². The van der Waals surface area contributed by atoms with Crippen molar-refractivity contribution >= 4 is 35.2 Å². The van der Waals surface area contributed by atoms with Gasteiger partial charge in [0, 0.05) is 10.7 Å². The van der Waals surface area contributed by atoms with Gasteiger partial charge < -0.3 is 15.8 Å². The number of nitrogens with zero attached hydrogens (tertiary/aromatic N) is 3. The van der Waals surface area contributed by atoms with Crippen molar-refractivity contribution in [3.63, 3.8) is 0 Å². The van der Waals surface area contributed by atoms with Crippen LogP contribution in [0.4, 0.5) is 17.6 Å². The molecule has 1 fully saturated rings. The van der Waals surface area contributed by atoms with Crippen molar-refractivity contribution < 1.29 is 9.53 Å². The number of halogens is 1. The highest BCUT2D eigenvalue weighted by atomic mass is 35.5. The van der Waals surface area contributed by atoms with E-state index in [0.29, 0.717) is 16.8 Å². The van der Waals surface area contributed by atoms with Crippen LogP contribution < -0.4 is 11.1 Å². The SMILES string of the molecule is Cc1ccccc1Nc1nc(N)nc(COC(=O)C2(c3ccc(Cl)cc3)CCCC2)n1. The number of hydrogen-bond acceptors (Lipinski definition) is 7. The van der Waals surface area contributed by atoms with Crippen molar-refractivity contribution in [2.75, 3.05) is 11.1 Å². The van der Waals surface area contributed by atoms with Crippen LogP contribution in [0, 0.1) is 6.92 Å².